The van der Waals surface area contributed by atoms with Crippen molar-refractivity contribution in [2.45, 2.75) is 57.7 Å². The molecule has 1 aromatic rings. The van der Waals surface area contributed by atoms with Crippen molar-refractivity contribution < 1.29 is 9.00 Å². The standard InChI is InChI=1S/C17H25NO2S/c1-13-8-9-14(2)15(10-13)11-21(20)12-17(19)18-16-6-4-3-5-7-16/h8-10,16H,3-7,11-12H2,1-2H3,(H,18,19). The molecule has 1 N–H and O–H groups in total. The van der Waals surface area contributed by atoms with Crippen LogP contribution in [0.2, 0.25) is 0 Å². The fraction of sp³-hybridized carbons (Fsp3) is 0.588. The van der Waals surface area contributed by atoms with Crippen LogP contribution in [0.15, 0.2) is 18.2 Å². The van der Waals surface area contributed by atoms with Gasteiger partial charge in [-0.2, -0.15) is 0 Å². The van der Waals surface area contributed by atoms with Gasteiger partial charge in [0.05, 0.1) is 0 Å². The number of hydrogen-bond donors (Lipinski definition) is 1. The van der Waals surface area contributed by atoms with Crippen LogP contribution in [0.25, 0.3) is 0 Å². The summed E-state index contributed by atoms with van der Waals surface area (Å²) >= 11 is 0. The molecule has 1 fully saturated rings. The second kappa shape index (κ2) is 7.74. The molecule has 1 saturated carbocycles. The third-order valence-electron chi connectivity index (χ3n) is 4.08. The van der Waals surface area contributed by atoms with Gasteiger partial charge in [-0.1, -0.05) is 43.0 Å². The van der Waals surface area contributed by atoms with Gasteiger partial charge >= 0.3 is 0 Å². The van der Waals surface area contributed by atoms with Gasteiger partial charge in [0.25, 0.3) is 0 Å². The first-order valence-corrected chi connectivity index (χ1v) is 9.24. The van der Waals surface area contributed by atoms with Crippen LogP contribution in [0.5, 0.6) is 0 Å². The molecule has 2 rings (SSSR count). The lowest BCUT2D eigenvalue weighted by atomic mass is 9.95. The van der Waals surface area contributed by atoms with Crippen LogP contribution in [-0.4, -0.2) is 21.9 Å². The van der Waals surface area contributed by atoms with E-state index in [-0.39, 0.29) is 11.7 Å². The summed E-state index contributed by atoms with van der Waals surface area (Å²) in [7, 11) is -1.14. The van der Waals surface area contributed by atoms with Crippen molar-refractivity contribution in [3.05, 3.63) is 34.9 Å². The second-order valence-corrected chi connectivity index (χ2v) is 7.52. The molecular formula is C17H25NO2S. The number of carbonyl (C=O) groups excluding carboxylic acids is 1. The molecule has 116 valence electrons. The van der Waals surface area contributed by atoms with Gasteiger partial charge in [0.1, 0.15) is 5.75 Å². The molecule has 21 heavy (non-hydrogen) atoms. The van der Waals surface area contributed by atoms with E-state index in [0.29, 0.717) is 11.8 Å². The molecule has 0 heterocycles. The third-order valence-corrected chi connectivity index (χ3v) is 5.30. The molecule has 0 aliphatic heterocycles. The van der Waals surface area contributed by atoms with Gasteiger partial charge in [0, 0.05) is 22.6 Å². The first-order chi connectivity index (χ1) is 10.0. The van der Waals surface area contributed by atoms with Crippen LogP contribution in [-0.2, 0) is 21.3 Å². The van der Waals surface area contributed by atoms with E-state index in [1.54, 1.807) is 0 Å². The summed E-state index contributed by atoms with van der Waals surface area (Å²) in [4.78, 5) is 12.0. The van der Waals surface area contributed by atoms with Crippen LogP contribution in [0.3, 0.4) is 0 Å². The molecule has 1 aliphatic carbocycles. The Morgan fingerprint density at radius 2 is 1.95 bits per heavy atom. The molecule has 0 aromatic heterocycles. The zero-order chi connectivity index (χ0) is 15.2. The van der Waals surface area contributed by atoms with Gasteiger partial charge in [-0.05, 0) is 37.8 Å². The van der Waals surface area contributed by atoms with Crippen molar-refractivity contribution in [2.24, 2.45) is 0 Å². The lowest BCUT2D eigenvalue weighted by Gasteiger charge is -2.22. The largest absolute Gasteiger partial charge is 0.353 e. The van der Waals surface area contributed by atoms with Crippen molar-refractivity contribution in [1.82, 2.24) is 5.32 Å². The summed E-state index contributed by atoms with van der Waals surface area (Å²) < 4.78 is 12.2. The third kappa shape index (κ3) is 5.27. The lowest BCUT2D eigenvalue weighted by molar-refractivity contribution is -0.119. The van der Waals surface area contributed by atoms with Crippen molar-refractivity contribution in [2.75, 3.05) is 5.75 Å². The second-order valence-electron chi connectivity index (χ2n) is 6.06. The smallest absolute Gasteiger partial charge is 0.232 e. The molecule has 1 atom stereocenters. The number of hydrogen-bond acceptors (Lipinski definition) is 2. The first-order valence-electron chi connectivity index (χ1n) is 7.75. The normalized spacial score (nSPS) is 17.4. The maximum absolute atomic E-state index is 12.2. The number of nitrogens with one attached hydrogen (secondary N) is 1. The van der Waals surface area contributed by atoms with E-state index in [9.17, 15) is 9.00 Å². The predicted molar refractivity (Wildman–Crippen MR) is 87.6 cm³/mol. The summed E-state index contributed by atoms with van der Waals surface area (Å²) in [6, 6.07) is 6.46. The molecule has 4 heteroatoms. The van der Waals surface area contributed by atoms with Crippen LogP contribution >= 0.6 is 0 Å². The van der Waals surface area contributed by atoms with Crippen LogP contribution in [0.4, 0.5) is 0 Å². The van der Waals surface area contributed by atoms with E-state index in [1.807, 2.05) is 19.9 Å². The average molecular weight is 307 g/mol. The highest BCUT2D eigenvalue weighted by molar-refractivity contribution is 7.84. The van der Waals surface area contributed by atoms with E-state index >= 15 is 0 Å². The Balaban J connectivity index is 1.83. The van der Waals surface area contributed by atoms with E-state index < -0.39 is 10.8 Å². The van der Waals surface area contributed by atoms with Crippen LogP contribution < -0.4 is 5.32 Å². The van der Waals surface area contributed by atoms with Crippen molar-refractivity contribution in [3.63, 3.8) is 0 Å². The Morgan fingerprint density at radius 3 is 2.67 bits per heavy atom. The fourth-order valence-corrected chi connectivity index (χ4v) is 3.98. The van der Waals surface area contributed by atoms with Crippen molar-refractivity contribution in [1.29, 1.82) is 0 Å². The van der Waals surface area contributed by atoms with Crippen molar-refractivity contribution in [3.8, 4) is 0 Å². The monoisotopic (exact) mass is 307 g/mol. The minimum atomic E-state index is -1.14. The molecule has 1 amide bonds. The highest BCUT2D eigenvalue weighted by Gasteiger charge is 2.17. The van der Waals surface area contributed by atoms with Gasteiger partial charge in [0.2, 0.25) is 5.91 Å². The quantitative estimate of drug-likeness (QED) is 0.909. The van der Waals surface area contributed by atoms with E-state index in [4.69, 9.17) is 0 Å². The maximum Gasteiger partial charge on any atom is 0.232 e. The Labute approximate surface area is 130 Å². The Hall–Kier alpha value is -1.16. The van der Waals surface area contributed by atoms with Gasteiger partial charge in [-0.25, -0.2) is 0 Å². The Morgan fingerprint density at radius 1 is 1.24 bits per heavy atom. The Bertz CT molecular complexity index is 522. The topological polar surface area (TPSA) is 46.2 Å². The van der Waals surface area contributed by atoms with Crippen LogP contribution in [0, 0.1) is 13.8 Å². The molecule has 1 aliphatic rings. The van der Waals surface area contributed by atoms with E-state index in [2.05, 4.69) is 17.4 Å². The molecular weight excluding hydrogens is 282 g/mol. The number of carbonyl (C=O) groups is 1. The first kappa shape index (κ1) is 16.2. The van der Waals surface area contributed by atoms with Gasteiger partial charge in [-0.3, -0.25) is 9.00 Å². The fourth-order valence-electron chi connectivity index (χ4n) is 2.84. The van der Waals surface area contributed by atoms with E-state index in [1.165, 1.54) is 24.8 Å². The van der Waals surface area contributed by atoms with Crippen LogP contribution in [0.1, 0.15) is 48.8 Å². The lowest BCUT2D eigenvalue weighted by Crippen LogP contribution is -2.38. The predicted octanol–water partition coefficient (Wildman–Crippen LogP) is 3.00. The molecule has 3 nitrogen and oxygen atoms in total. The minimum Gasteiger partial charge on any atom is -0.353 e. The SMILES string of the molecule is Cc1ccc(C)c(CS(=O)CC(=O)NC2CCCCC2)c1. The van der Waals surface area contributed by atoms with Gasteiger partial charge in [0.15, 0.2) is 0 Å². The number of benzene rings is 1. The summed E-state index contributed by atoms with van der Waals surface area (Å²) in [5.74, 6) is 0.515. The summed E-state index contributed by atoms with van der Waals surface area (Å²) in [6.07, 6.45) is 5.78. The highest BCUT2D eigenvalue weighted by atomic mass is 32.2. The van der Waals surface area contributed by atoms with Gasteiger partial charge in [-0.15, -0.1) is 0 Å². The summed E-state index contributed by atoms with van der Waals surface area (Å²) in [6.45, 7) is 4.05. The molecule has 0 bridgehead atoms. The molecule has 0 radical (unpaired) electrons. The highest BCUT2D eigenvalue weighted by Crippen LogP contribution is 2.17. The summed E-state index contributed by atoms with van der Waals surface area (Å²) in [5, 5.41) is 3.03. The number of amides is 1. The molecule has 1 aromatic carbocycles. The van der Waals surface area contributed by atoms with Crippen molar-refractivity contribution >= 4 is 16.7 Å². The molecule has 0 saturated heterocycles. The average Bonchev–Trinajstić information content (AvgIpc) is 2.43. The zero-order valence-corrected chi connectivity index (χ0v) is 13.8. The zero-order valence-electron chi connectivity index (χ0n) is 13.0. The minimum absolute atomic E-state index is 0.0643. The number of rotatable bonds is 5. The molecule has 0 spiro atoms. The van der Waals surface area contributed by atoms with Gasteiger partial charge < -0.3 is 5.32 Å². The van der Waals surface area contributed by atoms with E-state index in [0.717, 1.165) is 24.0 Å². The maximum atomic E-state index is 12.2. The summed E-state index contributed by atoms with van der Waals surface area (Å²) in [5.41, 5.74) is 3.39. The Kier molecular flexibility index (Phi) is 5.97. The number of aryl methyl sites for hydroxylation is 2. The molecule has 1 unspecified atom stereocenters.